The fourth-order valence-corrected chi connectivity index (χ4v) is 1.63. The number of halogens is 1. The number of benzene rings is 1. The molecule has 0 amide bonds. The van der Waals surface area contributed by atoms with E-state index in [0.29, 0.717) is 0 Å². The summed E-state index contributed by atoms with van der Waals surface area (Å²) in [6.07, 6.45) is 0. The fraction of sp³-hybridized carbons (Fsp3) is 0. The van der Waals surface area contributed by atoms with Gasteiger partial charge in [0.15, 0.2) is 0 Å². The zero-order valence-corrected chi connectivity index (χ0v) is 8.16. The summed E-state index contributed by atoms with van der Waals surface area (Å²) in [6, 6.07) is 1.12. The summed E-state index contributed by atoms with van der Waals surface area (Å²) in [7, 11) is 0. The average molecular weight is 259 g/mol. The van der Waals surface area contributed by atoms with Crippen LogP contribution >= 0.6 is 15.9 Å². The minimum Gasteiger partial charge on any atom is -0.507 e. The molecule has 1 aliphatic heterocycles. The molecule has 0 fully saturated rings. The Morgan fingerprint density at radius 2 is 1.71 bits per heavy atom. The lowest BCUT2D eigenvalue weighted by molar-refractivity contribution is 0.0442. The number of aromatic hydroxyl groups is 2. The van der Waals surface area contributed by atoms with Gasteiger partial charge in [-0.1, -0.05) is 0 Å². The molecule has 0 atom stereocenters. The first-order chi connectivity index (χ1) is 6.52. The third-order valence-corrected chi connectivity index (χ3v) is 2.43. The second-order valence-corrected chi connectivity index (χ2v) is 3.51. The van der Waals surface area contributed by atoms with Crippen LogP contribution < -0.4 is 0 Å². The topological polar surface area (TPSA) is 83.8 Å². The number of phenolic OH excluding ortho intramolecular Hbond substituents is 2. The summed E-state index contributed by atoms with van der Waals surface area (Å²) < 4.78 is 4.36. The number of cyclic esters (lactones) is 2. The molecule has 1 aromatic carbocycles. The van der Waals surface area contributed by atoms with Crippen LogP contribution in [-0.2, 0) is 4.74 Å². The van der Waals surface area contributed by atoms with E-state index >= 15 is 0 Å². The lowest BCUT2D eigenvalue weighted by atomic mass is 10.1. The summed E-state index contributed by atoms with van der Waals surface area (Å²) in [6.45, 7) is 0. The SMILES string of the molecule is O=C1OC(=O)c2c(O)c(Br)cc(O)c21. The summed E-state index contributed by atoms with van der Waals surface area (Å²) in [4.78, 5) is 22.1. The first-order valence-corrected chi connectivity index (χ1v) is 4.32. The molecule has 5 nitrogen and oxygen atoms in total. The predicted octanol–water partition coefficient (Wildman–Crippen LogP) is 1.17. The Kier molecular flexibility index (Phi) is 1.75. The molecule has 1 aliphatic rings. The molecule has 1 heterocycles. The van der Waals surface area contributed by atoms with Crippen LogP contribution in [0.1, 0.15) is 20.7 Å². The molecule has 14 heavy (non-hydrogen) atoms. The van der Waals surface area contributed by atoms with Crippen LogP contribution in [0, 0.1) is 0 Å². The molecular formula is C8H3BrO5. The number of rotatable bonds is 0. The van der Waals surface area contributed by atoms with Crippen molar-refractivity contribution in [2.24, 2.45) is 0 Å². The Morgan fingerprint density at radius 1 is 1.14 bits per heavy atom. The van der Waals surface area contributed by atoms with Gasteiger partial charge in [0.1, 0.15) is 22.6 Å². The van der Waals surface area contributed by atoms with Crippen molar-refractivity contribution >= 4 is 27.9 Å². The maximum atomic E-state index is 11.1. The number of phenols is 2. The Morgan fingerprint density at radius 3 is 2.36 bits per heavy atom. The Balaban J connectivity index is 2.86. The molecule has 6 heteroatoms. The first kappa shape index (κ1) is 9.01. The van der Waals surface area contributed by atoms with Crippen molar-refractivity contribution in [1.82, 2.24) is 0 Å². The van der Waals surface area contributed by atoms with Gasteiger partial charge in [0, 0.05) is 0 Å². The van der Waals surface area contributed by atoms with Gasteiger partial charge in [-0.15, -0.1) is 0 Å². The van der Waals surface area contributed by atoms with Gasteiger partial charge in [-0.3, -0.25) is 0 Å². The summed E-state index contributed by atoms with van der Waals surface area (Å²) in [5, 5.41) is 18.8. The predicted molar refractivity (Wildman–Crippen MR) is 47.2 cm³/mol. The number of fused-ring (bicyclic) bond motifs is 1. The Bertz CT molecular complexity index is 465. The first-order valence-electron chi connectivity index (χ1n) is 3.53. The number of carbonyl (C=O) groups is 2. The van der Waals surface area contributed by atoms with Crippen molar-refractivity contribution < 1.29 is 24.5 Å². The van der Waals surface area contributed by atoms with E-state index in [1.165, 1.54) is 0 Å². The monoisotopic (exact) mass is 258 g/mol. The third-order valence-electron chi connectivity index (χ3n) is 1.83. The van der Waals surface area contributed by atoms with E-state index in [1.807, 2.05) is 0 Å². The zero-order valence-electron chi connectivity index (χ0n) is 6.57. The number of hydrogen-bond donors (Lipinski definition) is 2. The minimum atomic E-state index is -0.959. The second-order valence-electron chi connectivity index (χ2n) is 2.65. The lowest BCUT2D eigenvalue weighted by Crippen LogP contribution is -1.97. The van der Waals surface area contributed by atoms with Gasteiger partial charge in [-0.2, -0.15) is 0 Å². The number of esters is 2. The second kappa shape index (κ2) is 2.71. The van der Waals surface area contributed by atoms with E-state index in [4.69, 9.17) is 0 Å². The van der Waals surface area contributed by atoms with Crippen LogP contribution in [0.2, 0.25) is 0 Å². The van der Waals surface area contributed by atoms with Gasteiger partial charge >= 0.3 is 11.9 Å². The highest BCUT2D eigenvalue weighted by molar-refractivity contribution is 9.10. The van der Waals surface area contributed by atoms with Gasteiger partial charge in [-0.05, 0) is 22.0 Å². The van der Waals surface area contributed by atoms with Crippen LogP contribution in [0.15, 0.2) is 10.5 Å². The highest BCUT2D eigenvalue weighted by Gasteiger charge is 2.36. The molecule has 0 radical (unpaired) electrons. The molecule has 0 unspecified atom stereocenters. The highest BCUT2D eigenvalue weighted by atomic mass is 79.9. The van der Waals surface area contributed by atoms with E-state index in [0.717, 1.165) is 6.07 Å². The van der Waals surface area contributed by atoms with Crippen molar-refractivity contribution in [1.29, 1.82) is 0 Å². The maximum Gasteiger partial charge on any atom is 0.350 e. The van der Waals surface area contributed by atoms with Gasteiger partial charge in [0.05, 0.1) is 4.47 Å². The third kappa shape index (κ3) is 1.00. The molecule has 2 N–H and O–H groups in total. The van der Waals surface area contributed by atoms with E-state index < -0.39 is 23.4 Å². The number of hydrogen-bond acceptors (Lipinski definition) is 5. The lowest BCUT2D eigenvalue weighted by Gasteiger charge is -2.01. The van der Waals surface area contributed by atoms with Crippen molar-refractivity contribution in [2.75, 3.05) is 0 Å². The average Bonchev–Trinajstić information content (AvgIpc) is 2.38. The van der Waals surface area contributed by atoms with Gasteiger partial charge < -0.3 is 14.9 Å². The molecular weight excluding hydrogens is 256 g/mol. The minimum absolute atomic E-state index is 0.125. The molecule has 72 valence electrons. The molecule has 0 saturated heterocycles. The van der Waals surface area contributed by atoms with Gasteiger partial charge in [0.2, 0.25) is 0 Å². The summed E-state index contributed by atoms with van der Waals surface area (Å²) in [5.41, 5.74) is -0.599. The molecule has 0 aliphatic carbocycles. The van der Waals surface area contributed by atoms with Gasteiger partial charge in [-0.25, -0.2) is 9.59 Å². The van der Waals surface area contributed by atoms with Crippen LogP contribution in [0.3, 0.4) is 0 Å². The van der Waals surface area contributed by atoms with Crippen LogP contribution in [0.25, 0.3) is 0 Å². The molecule has 0 aromatic heterocycles. The van der Waals surface area contributed by atoms with Crippen molar-refractivity contribution in [3.8, 4) is 11.5 Å². The van der Waals surface area contributed by atoms with Crippen LogP contribution in [0.4, 0.5) is 0 Å². The smallest absolute Gasteiger partial charge is 0.350 e. The van der Waals surface area contributed by atoms with Crippen molar-refractivity contribution in [2.45, 2.75) is 0 Å². The molecule has 0 saturated carbocycles. The summed E-state index contributed by atoms with van der Waals surface area (Å²) >= 11 is 2.92. The van der Waals surface area contributed by atoms with Crippen molar-refractivity contribution in [3.05, 3.63) is 21.7 Å². The molecule has 1 aromatic rings. The van der Waals surface area contributed by atoms with E-state index in [-0.39, 0.29) is 15.6 Å². The number of ether oxygens (including phenoxy) is 1. The standard InChI is InChI=1S/C8H3BrO5/c9-2-1-3(10)4-5(6(2)11)8(13)14-7(4)12/h1,10-11H. The molecule has 0 spiro atoms. The highest BCUT2D eigenvalue weighted by Crippen LogP contribution is 2.40. The Hall–Kier alpha value is -1.56. The van der Waals surface area contributed by atoms with E-state index in [1.54, 1.807) is 0 Å². The van der Waals surface area contributed by atoms with Crippen LogP contribution in [-0.4, -0.2) is 22.2 Å². The molecule has 0 bridgehead atoms. The maximum absolute atomic E-state index is 11.1. The number of carbonyl (C=O) groups excluding carboxylic acids is 2. The normalized spacial score (nSPS) is 14.1. The Labute approximate surface area is 86.0 Å². The molecule has 2 rings (SSSR count). The zero-order chi connectivity index (χ0) is 10.5. The summed E-state index contributed by atoms with van der Waals surface area (Å²) in [5.74, 6) is -2.72. The largest absolute Gasteiger partial charge is 0.507 e. The van der Waals surface area contributed by atoms with E-state index in [2.05, 4.69) is 20.7 Å². The quantitative estimate of drug-likeness (QED) is 0.415. The fourth-order valence-electron chi connectivity index (χ4n) is 1.22. The van der Waals surface area contributed by atoms with Crippen molar-refractivity contribution in [3.63, 3.8) is 0 Å². The van der Waals surface area contributed by atoms with E-state index in [9.17, 15) is 19.8 Å². The van der Waals surface area contributed by atoms with Crippen LogP contribution in [0.5, 0.6) is 11.5 Å². The van der Waals surface area contributed by atoms with Gasteiger partial charge in [0.25, 0.3) is 0 Å².